The zero-order valence-electron chi connectivity index (χ0n) is 7.62. The molecule has 0 spiro atoms. The van der Waals surface area contributed by atoms with Crippen molar-refractivity contribution in [1.82, 2.24) is 0 Å². The Morgan fingerprint density at radius 3 is 2.80 bits per heavy atom. The molecule has 1 aromatic rings. The van der Waals surface area contributed by atoms with Crippen LogP contribution in [0, 0.1) is 22.7 Å². The summed E-state index contributed by atoms with van der Waals surface area (Å²) in [6.45, 7) is 0. The maximum absolute atomic E-state index is 11.1. The molecule has 0 unspecified atom stereocenters. The lowest BCUT2D eigenvalue weighted by atomic mass is 10.2. The number of benzene rings is 1. The van der Waals surface area contributed by atoms with Gasteiger partial charge in [0.2, 0.25) is 5.91 Å². The summed E-state index contributed by atoms with van der Waals surface area (Å²) in [5.41, 5.74) is 0.739. The summed E-state index contributed by atoms with van der Waals surface area (Å²) in [7, 11) is 0. The Hall–Kier alpha value is -2.04. The minimum atomic E-state index is -0.450. The highest BCUT2D eigenvalue weighted by Gasteiger charge is 2.05. The summed E-state index contributed by atoms with van der Waals surface area (Å²) >= 11 is 5.79. The molecule has 1 rings (SSSR count). The molecule has 74 valence electrons. The highest BCUT2D eigenvalue weighted by Crippen LogP contribution is 2.22. The van der Waals surface area contributed by atoms with Crippen LogP contribution in [0.25, 0.3) is 0 Å². The van der Waals surface area contributed by atoms with Gasteiger partial charge in [-0.3, -0.25) is 4.79 Å². The van der Waals surface area contributed by atoms with Crippen LogP contribution in [-0.2, 0) is 4.79 Å². The maximum Gasteiger partial charge on any atom is 0.238 e. The van der Waals surface area contributed by atoms with E-state index >= 15 is 0 Å². The smallest absolute Gasteiger partial charge is 0.238 e. The van der Waals surface area contributed by atoms with Crippen molar-refractivity contribution in [3.63, 3.8) is 0 Å². The Morgan fingerprint density at radius 1 is 1.47 bits per heavy atom. The molecule has 0 aliphatic carbocycles. The van der Waals surface area contributed by atoms with Crippen molar-refractivity contribution in [2.24, 2.45) is 0 Å². The van der Waals surface area contributed by atoms with Crippen LogP contribution >= 0.6 is 11.6 Å². The van der Waals surface area contributed by atoms with Gasteiger partial charge in [-0.05, 0) is 18.2 Å². The molecule has 0 aliphatic rings. The van der Waals surface area contributed by atoms with Crippen LogP contribution in [0.2, 0.25) is 5.02 Å². The summed E-state index contributed by atoms with van der Waals surface area (Å²) in [5.74, 6) is -0.450. The molecule has 5 heteroatoms. The van der Waals surface area contributed by atoms with E-state index in [4.69, 9.17) is 22.1 Å². The van der Waals surface area contributed by atoms with Crippen molar-refractivity contribution < 1.29 is 4.79 Å². The van der Waals surface area contributed by atoms with Gasteiger partial charge in [-0.2, -0.15) is 10.5 Å². The molecular weight excluding hydrogens is 214 g/mol. The number of amides is 1. The molecule has 0 saturated heterocycles. The van der Waals surface area contributed by atoms with E-state index in [1.165, 1.54) is 12.1 Å². The van der Waals surface area contributed by atoms with Gasteiger partial charge in [-0.25, -0.2) is 0 Å². The lowest BCUT2D eigenvalue weighted by Crippen LogP contribution is -2.10. The van der Waals surface area contributed by atoms with Gasteiger partial charge in [0.05, 0.1) is 28.4 Å². The van der Waals surface area contributed by atoms with Gasteiger partial charge in [0.1, 0.15) is 6.42 Å². The van der Waals surface area contributed by atoms with E-state index in [-0.39, 0.29) is 6.42 Å². The van der Waals surface area contributed by atoms with Crippen molar-refractivity contribution in [3.05, 3.63) is 28.8 Å². The van der Waals surface area contributed by atoms with Crippen LogP contribution < -0.4 is 5.32 Å². The molecule has 0 bridgehead atoms. The number of nitrogens with one attached hydrogen (secondary N) is 1. The Labute approximate surface area is 91.7 Å². The largest absolute Gasteiger partial charge is 0.324 e. The standard InChI is InChI=1S/C10H6ClN3O/c11-8-2-1-7(6-13)5-9(8)14-10(15)3-4-12/h1-2,5H,3H2,(H,14,15). The third-order valence-electron chi connectivity index (χ3n) is 1.61. The molecule has 4 nitrogen and oxygen atoms in total. The molecule has 1 N–H and O–H groups in total. The predicted octanol–water partition coefficient (Wildman–Crippen LogP) is 2.06. The van der Waals surface area contributed by atoms with Gasteiger partial charge in [-0.15, -0.1) is 0 Å². The van der Waals surface area contributed by atoms with Crippen molar-refractivity contribution >= 4 is 23.2 Å². The SMILES string of the molecule is N#CCC(=O)Nc1cc(C#N)ccc1Cl. The van der Waals surface area contributed by atoms with Crippen LogP contribution in [0.4, 0.5) is 5.69 Å². The van der Waals surface area contributed by atoms with Crippen molar-refractivity contribution in [3.8, 4) is 12.1 Å². The van der Waals surface area contributed by atoms with Gasteiger partial charge in [0.15, 0.2) is 0 Å². The van der Waals surface area contributed by atoms with Crippen molar-refractivity contribution in [2.45, 2.75) is 6.42 Å². The summed E-state index contributed by atoms with van der Waals surface area (Å²) in [5, 5.41) is 19.7. The zero-order valence-corrected chi connectivity index (χ0v) is 8.38. The summed E-state index contributed by atoms with van der Waals surface area (Å²) in [4.78, 5) is 11.1. The molecule has 0 saturated carbocycles. The fourth-order valence-corrected chi connectivity index (χ4v) is 1.12. The van der Waals surface area contributed by atoms with E-state index in [2.05, 4.69) is 5.32 Å². The van der Waals surface area contributed by atoms with Gasteiger partial charge in [0.25, 0.3) is 0 Å². The summed E-state index contributed by atoms with van der Waals surface area (Å²) in [6.07, 6.45) is -0.243. The number of rotatable bonds is 2. The lowest BCUT2D eigenvalue weighted by Gasteiger charge is -2.04. The van der Waals surface area contributed by atoms with E-state index < -0.39 is 5.91 Å². The van der Waals surface area contributed by atoms with Crippen molar-refractivity contribution in [2.75, 3.05) is 5.32 Å². The average Bonchev–Trinajstić information content (AvgIpc) is 2.21. The number of nitriles is 2. The van der Waals surface area contributed by atoms with Gasteiger partial charge in [0, 0.05) is 0 Å². The molecule has 0 fully saturated rings. The maximum atomic E-state index is 11.1. The van der Waals surface area contributed by atoms with Crippen LogP contribution in [-0.4, -0.2) is 5.91 Å². The first-order chi connectivity index (χ1) is 7.17. The van der Waals surface area contributed by atoms with E-state index in [1.54, 1.807) is 12.1 Å². The monoisotopic (exact) mass is 219 g/mol. The Bertz CT molecular complexity index is 471. The first kappa shape index (κ1) is 11.0. The quantitative estimate of drug-likeness (QED) is 0.827. The Morgan fingerprint density at radius 2 is 2.20 bits per heavy atom. The van der Waals surface area contributed by atoms with Crippen LogP contribution in [0.1, 0.15) is 12.0 Å². The van der Waals surface area contributed by atoms with E-state index in [9.17, 15) is 4.79 Å². The Balaban J connectivity index is 2.90. The van der Waals surface area contributed by atoms with E-state index in [0.29, 0.717) is 16.3 Å². The van der Waals surface area contributed by atoms with Crippen LogP contribution in [0.5, 0.6) is 0 Å². The van der Waals surface area contributed by atoms with E-state index in [0.717, 1.165) is 0 Å². The second-order valence-electron chi connectivity index (χ2n) is 2.69. The first-order valence-corrected chi connectivity index (χ1v) is 4.41. The third kappa shape index (κ3) is 2.98. The molecule has 1 amide bonds. The summed E-state index contributed by atoms with van der Waals surface area (Å²) < 4.78 is 0. The predicted molar refractivity (Wildman–Crippen MR) is 55.0 cm³/mol. The third-order valence-corrected chi connectivity index (χ3v) is 1.94. The second-order valence-corrected chi connectivity index (χ2v) is 3.10. The fraction of sp³-hybridized carbons (Fsp3) is 0.100. The highest BCUT2D eigenvalue weighted by atomic mass is 35.5. The highest BCUT2D eigenvalue weighted by molar-refractivity contribution is 6.33. The number of halogens is 1. The van der Waals surface area contributed by atoms with E-state index in [1.807, 2.05) is 6.07 Å². The molecule has 0 aromatic heterocycles. The molecule has 0 radical (unpaired) electrons. The van der Waals surface area contributed by atoms with Gasteiger partial charge < -0.3 is 5.32 Å². The second kappa shape index (κ2) is 4.99. The molecule has 1 aromatic carbocycles. The molecule has 15 heavy (non-hydrogen) atoms. The fourth-order valence-electron chi connectivity index (χ4n) is 0.957. The van der Waals surface area contributed by atoms with Gasteiger partial charge >= 0.3 is 0 Å². The lowest BCUT2D eigenvalue weighted by molar-refractivity contribution is -0.115. The normalized spacial score (nSPS) is 8.73. The zero-order chi connectivity index (χ0) is 11.3. The summed E-state index contributed by atoms with van der Waals surface area (Å²) in [6, 6.07) is 8.16. The minimum Gasteiger partial charge on any atom is -0.324 e. The molecule has 0 aliphatic heterocycles. The number of anilines is 1. The van der Waals surface area contributed by atoms with Crippen LogP contribution in [0.3, 0.4) is 0 Å². The van der Waals surface area contributed by atoms with Crippen LogP contribution in [0.15, 0.2) is 18.2 Å². The first-order valence-electron chi connectivity index (χ1n) is 4.04. The number of hydrogen-bond acceptors (Lipinski definition) is 3. The average molecular weight is 220 g/mol. The number of nitrogens with zero attached hydrogens (tertiary/aromatic N) is 2. The topological polar surface area (TPSA) is 76.7 Å². The molecule has 0 heterocycles. The number of carbonyl (C=O) groups is 1. The van der Waals surface area contributed by atoms with Crippen molar-refractivity contribution in [1.29, 1.82) is 10.5 Å². The number of hydrogen-bond donors (Lipinski definition) is 1. The molecule has 0 atom stereocenters. The van der Waals surface area contributed by atoms with Gasteiger partial charge in [-0.1, -0.05) is 11.6 Å². The number of carbonyl (C=O) groups excluding carboxylic acids is 1. The Kier molecular flexibility index (Phi) is 3.68. The minimum absolute atomic E-state index is 0.243. The molecular formula is C10H6ClN3O.